The van der Waals surface area contributed by atoms with E-state index in [-0.39, 0.29) is 5.91 Å². The highest BCUT2D eigenvalue weighted by molar-refractivity contribution is 6.35. The molecule has 4 rings (SSSR count). The number of benzene rings is 1. The molecule has 0 aliphatic carbocycles. The van der Waals surface area contributed by atoms with Crippen LogP contribution in [0.4, 0.5) is 0 Å². The number of nitrogens with zero attached hydrogens (tertiary/aromatic N) is 5. The van der Waals surface area contributed by atoms with Gasteiger partial charge in [-0.25, -0.2) is 0 Å². The van der Waals surface area contributed by atoms with Crippen molar-refractivity contribution in [1.82, 2.24) is 24.5 Å². The van der Waals surface area contributed by atoms with Crippen LogP contribution < -0.4 is 5.73 Å². The van der Waals surface area contributed by atoms with E-state index in [1.54, 1.807) is 7.11 Å². The fourth-order valence-electron chi connectivity index (χ4n) is 4.57. The first-order valence-electron chi connectivity index (χ1n) is 11.8. The lowest BCUT2D eigenvalue weighted by Gasteiger charge is -2.32. The van der Waals surface area contributed by atoms with Crippen LogP contribution in [0.2, 0.25) is 5.02 Å². The predicted molar refractivity (Wildman–Crippen MR) is 131 cm³/mol. The smallest absolute Gasteiger partial charge is 0.241 e. The van der Waals surface area contributed by atoms with Crippen molar-refractivity contribution in [3.8, 4) is 11.4 Å². The first-order chi connectivity index (χ1) is 16.5. The Hall–Kier alpha value is -2.46. The number of carbonyl (C=O) groups excluding carboxylic acids is 1. The van der Waals surface area contributed by atoms with E-state index in [1.807, 2.05) is 12.1 Å². The molecule has 0 saturated carbocycles. The van der Waals surface area contributed by atoms with Gasteiger partial charge in [0.1, 0.15) is 0 Å². The summed E-state index contributed by atoms with van der Waals surface area (Å²) in [5.41, 5.74) is 7.21. The number of aromatic nitrogens is 3. The number of ether oxygens (including phenoxy) is 1. The van der Waals surface area contributed by atoms with Crippen LogP contribution in [0.15, 0.2) is 28.9 Å². The van der Waals surface area contributed by atoms with Crippen molar-refractivity contribution in [2.45, 2.75) is 32.9 Å². The molecule has 184 valence electrons. The third kappa shape index (κ3) is 5.78. The zero-order valence-corrected chi connectivity index (χ0v) is 20.6. The topological polar surface area (TPSA) is 103 Å². The standard InChI is InChI=1S/C24H33ClN6O3/c1-3-17(7-12-33-2)13-31-14-19(18-5-4-6-20(25)23(18)31)24-27-22(34-28-24)16-30-10-8-29(9-11-30)15-21(26)32/h4-6,14,17H,3,7-13,15-16H2,1-2H3,(H2,26,32). The van der Waals surface area contributed by atoms with Crippen molar-refractivity contribution < 1.29 is 14.1 Å². The monoisotopic (exact) mass is 488 g/mol. The number of piperazine rings is 1. The van der Waals surface area contributed by atoms with E-state index in [0.717, 1.165) is 68.6 Å². The van der Waals surface area contributed by atoms with E-state index in [4.69, 9.17) is 31.6 Å². The molecule has 0 bridgehead atoms. The number of methoxy groups -OCH3 is 1. The van der Waals surface area contributed by atoms with Crippen molar-refractivity contribution in [2.75, 3.05) is 46.4 Å². The number of fused-ring (bicyclic) bond motifs is 1. The molecule has 34 heavy (non-hydrogen) atoms. The van der Waals surface area contributed by atoms with Crippen molar-refractivity contribution in [3.63, 3.8) is 0 Å². The number of rotatable bonds is 11. The number of amides is 1. The van der Waals surface area contributed by atoms with E-state index < -0.39 is 0 Å². The van der Waals surface area contributed by atoms with Crippen LogP contribution in [0.1, 0.15) is 25.7 Å². The van der Waals surface area contributed by atoms with Gasteiger partial charge in [-0.3, -0.25) is 14.6 Å². The molecule has 1 aromatic carbocycles. The summed E-state index contributed by atoms with van der Waals surface area (Å²) in [5, 5.41) is 6.01. The number of hydrogen-bond donors (Lipinski definition) is 1. The summed E-state index contributed by atoms with van der Waals surface area (Å²) < 4.78 is 13.1. The number of primary amides is 1. The number of carbonyl (C=O) groups is 1. The molecule has 1 atom stereocenters. The predicted octanol–water partition coefficient (Wildman–Crippen LogP) is 3.01. The molecule has 3 aromatic rings. The van der Waals surface area contributed by atoms with Crippen molar-refractivity contribution in [2.24, 2.45) is 11.7 Å². The van der Waals surface area contributed by atoms with E-state index in [9.17, 15) is 4.79 Å². The van der Waals surface area contributed by atoms with E-state index in [0.29, 0.717) is 35.7 Å². The maximum Gasteiger partial charge on any atom is 0.241 e. The molecule has 2 N–H and O–H groups in total. The molecule has 1 fully saturated rings. The summed E-state index contributed by atoms with van der Waals surface area (Å²) in [7, 11) is 1.74. The maximum atomic E-state index is 11.1. The minimum Gasteiger partial charge on any atom is -0.385 e. The van der Waals surface area contributed by atoms with Crippen LogP contribution in [0.3, 0.4) is 0 Å². The highest BCUT2D eigenvalue weighted by Crippen LogP contribution is 2.34. The van der Waals surface area contributed by atoms with Gasteiger partial charge in [0.25, 0.3) is 0 Å². The fourth-order valence-corrected chi connectivity index (χ4v) is 4.85. The highest BCUT2D eigenvalue weighted by Gasteiger charge is 2.22. The zero-order valence-electron chi connectivity index (χ0n) is 19.9. The molecule has 1 unspecified atom stereocenters. The molecular weight excluding hydrogens is 456 g/mol. The van der Waals surface area contributed by atoms with E-state index in [2.05, 4.69) is 38.7 Å². The highest BCUT2D eigenvalue weighted by atomic mass is 35.5. The second kappa shape index (κ2) is 11.3. The molecule has 1 saturated heterocycles. The van der Waals surface area contributed by atoms with Crippen molar-refractivity contribution >= 4 is 28.4 Å². The summed E-state index contributed by atoms with van der Waals surface area (Å²) in [6.07, 6.45) is 4.14. The minimum atomic E-state index is -0.293. The normalized spacial score (nSPS) is 16.3. The van der Waals surface area contributed by atoms with Gasteiger partial charge in [0.15, 0.2) is 0 Å². The Morgan fingerprint density at radius 1 is 1.26 bits per heavy atom. The zero-order chi connectivity index (χ0) is 24.1. The summed E-state index contributed by atoms with van der Waals surface area (Å²) in [6.45, 7) is 7.88. The molecule has 1 aliphatic rings. The van der Waals surface area contributed by atoms with Crippen LogP contribution in [0.25, 0.3) is 22.3 Å². The van der Waals surface area contributed by atoms with Gasteiger partial charge >= 0.3 is 0 Å². The fraction of sp³-hybridized carbons (Fsp3) is 0.542. The lowest BCUT2D eigenvalue weighted by molar-refractivity contribution is -0.119. The van der Waals surface area contributed by atoms with Gasteiger partial charge in [0.05, 0.1) is 23.6 Å². The molecule has 9 nitrogen and oxygen atoms in total. The second-order valence-electron chi connectivity index (χ2n) is 8.92. The van der Waals surface area contributed by atoms with Gasteiger partial charge in [0, 0.05) is 63.6 Å². The molecule has 2 aromatic heterocycles. The van der Waals surface area contributed by atoms with Crippen LogP contribution in [0, 0.1) is 5.92 Å². The van der Waals surface area contributed by atoms with Gasteiger partial charge in [-0.05, 0) is 18.4 Å². The van der Waals surface area contributed by atoms with Crippen molar-refractivity contribution in [1.29, 1.82) is 0 Å². The van der Waals surface area contributed by atoms with E-state index in [1.165, 1.54) is 0 Å². The third-order valence-electron chi connectivity index (χ3n) is 6.52. The Morgan fingerprint density at radius 3 is 2.74 bits per heavy atom. The quantitative estimate of drug-likeness (QED) is 0.442. The first kappa shape index (κ1) is 24.7. The first-order valence-corrected chi connectivity index (χ1v) is 12.2. The van der Waals surface area contributed by atoms with Crippen LogP contribution in [-0.2, 0) is 22.6 Å². The van der Waals surface area contributed by atoms with Gasteiger partial charge < -0.3 is 19.6 Å². The van der Waals surface area contributed by atoms with Gasteiger partial charge in [-0.1, -0.05) is 42.2 Å². The molecule has 1 aliphatic heterocycles. The van der Waals surface area contributed by atoms with Gasteiger partial charge in [-0.2, -0.15) is 4.98 Å². The number of halogens is 1. The Balaban J connectivity index is 1.51. The number of hydrogen-bond acceptors (Lipinski definition) is 7. The minimum absolute atomic E-state index is 0.293. The Bertz CT molecular complexity index is 1110. The Kier molecular flexibility index (Phi) is 8.20. The van der Waals surface area contributed by atoms with Crippen molar-refractivity contribution in [3.05, 3.63) is 35.3 Å². The summed E-state index contributed by atoms with van der Waals surface area (Å²) >= 11 is 6.62. The lowest BCUT2D eigenvalue weighted by Crippen LogP contribution is -2.48. The lowest BCUT2D eigenvalue weighted by atomic mass is 10.0. The SMILES string of the molecule is CCC(CCOC)Cn1cc(-c2noc(CN3CCN(CC(N)=O)CC3)n2)c2cccc(Cl)c21. The molecule has 3 heterocycles. The van der Waals surface area contributed by atoms with Gasteiger partial charge in [-0.15, -0.1) is 0 Å². The molecule has 10 heteroatoms. The average Bonchev–Trinajstić information content (AvgIpc) is 3.43. The summed E-state index contributed by atoms with van der Waals surface area (Å²) in [6, 6.07) is 5.92. The molecule has 0 radical (unpaired) electrons. The summed E-state index contributed by atoms with van der Waals surface area (Å²) in [5.74, 6) is 1.33. The third-order valence-corrected chi connectivity index (χ3v) is 6.83. The molecular formula is C24H33ClN6O3. The largest absolute Gasteiger partial charge is 0.385 e. The molecule has 1 amide bonds. The van der Waals surface area contributed by atoms with Crippen LogP contribution >= 0.6 is 11.6 Å². The number of nitrogens with two attached hydrogens (primary N) is 1. The Labute approximate surface area is 204 Å². The average molecular weight is 489 g/mol. The number of para-hydroxylation sites is 1. The van der Waals surface area contributed by atoms with Crippen LogP contribution in [-0.4, -0.2) is 76.9 Å². The van der Waals surface area contributed by atoms with E-state index >= 15 is 0 Å². The van der Waals surface area contributed by atoms with Crippen LogP contribution in [0.5, 0.6) is 0 Å². The molecule has 0 spiro atoms. The summed E-state index contributed by atoms with van der Waals surface area (Å²) in [4.78, 5) is 20.1. The maximum absolute atomic E-state index is 11.1. The second-order valence-corrected chi connectivity index (χ2v) is 9.32. The Morgan fingerprint density at radius 2 is 2.03 bits per heavy atom. The van der Waals surface area contributed by atoms with Gasteiger partial charge in [0.2, 0.25) is 17.6 Å².